The lowest BCUT2D eigenvalue weighted by molar-refractivity contribution is 0.416. The number of nitrogens with one attached hydrogen (secondary N) is 2. The number of hydrogen-bond acceptors (Lipinski definition) is 4. The maximum absolute atomic E-state index is 11.4. The molecule has 4 rings (SSSR count). The third-order valence-electron chi connectivity index (χ3n) is 3.65. The van der Waals surface area contributed by atoms with Gasteiger partial charge < -0.3 is 14.7 Å². The van der Waals surface area contributed by atoms with E-state index in [2.05, 4.69) is 9.97 Å². The molecule has 0 spiro atoms. The summed E-state index contributed by atoms with van der Waals surface area (Å²) in [6.07, 6.45) is 0. The van der Waals surface area contributed by atoms with E-state index >= 15 is 0 Å². The second-order valence-corrected chi connectivity index (χ2v) is 5.94. The van der Waals surface area contributed by atoms with Crippen molar-refractivity contribution in [1.29, 1.82) is 0 Å². The Hall–Kier alpha value is -2.86. The minimum Gasteiger partial charge on any atom is -0.496 e. The summed E-state index contributed by atoms with van der Waals surface area (Å²) in [5.74, 6) is 0.804. The number of thiazole rings is 1. The van der Waals surface area contributed by atoms with Gasteiger partial charge in [-0.1, -0.05) is 18.2 Å². The van der Waals surface area contributed by atoms with E-state index in [1.807, 2.05) is 47.8 Å². The predicted molar refractivity (Wildman–Crippen MR) is 92.0 cm³/mol. The number of H-pyrrole nitrogens is 2. The van der Waals surface area contributed by atoms with Gasteiger partial charge in [0.05, 0.1) is 29.4 Å². The number of aromatic nitrogens is 3. The smallest absolute Gasteiger partial charge is 0.323 e. The van der Waals surface area contributed by atoms with Crippen molar-refractivity contribution in [2.75, 3.05) is 7.11 Å². The molecule has 0 aliphatic rings. The maximum atomic E-state index is 11.4. The highest BCUT2D eigenvalue weighted by Gasteiger charge is 2.11. The number of methoxy groups -OCH3 is 1. The van der Waals surface area contributed by atoms with Gasteiger partial charge in [0.1, 0.15) is 10.8 Å². The topological polar surface area (TPSA) is 70.8 Å². The fraction of sp³-hybridized carbons (Fsp3) is 0.0588. The number of aromatic amines is 2. The molecule has 6 heteroatoms. The molecule has 0 radical (unpaired) electrons. The average molecular weight is 323 g/mol. The van der Waals surface area contributed by atoms with Crippen molar-refractivity contribution in [3.05, 3.63) is 58.3 Å². The summed E-state index contributed by atoms with van der Waals surface area (Å²) < 4.78 is 5.40. The molecule has 0 saturated heterocycles. The molecule has 0 bridgehead atoms. The van der Waals surface area contributed by atoms with E-state index < -0.39 is 0 Å². The van der Waals surface area contributed by atoms with Crippen molar-refractivity contribution in [2.24, 2.45) is 0 Å². The van der Waals surface area contributed by atoms with Crippen LogP contribution in [0.1, 0.15) is 0 Å². The van der Waals surface area contributed by atoms with Gasteiger partial charge in [0.2, 0.25) is 0 Å². The van der Waals surface area contributed by atoms with Crippen LogP contribution >= 0.6 is 11.3 Å². The SMILES string of the molecule is COc1ccccc1-c1nc(-c2ccc3[nH]c(=O)[nH]c3c2)cs1. The summed E-state index contributed by atoms with van der Waals surface area (Å²) in [6.45, 7) is 0. The Morgan fingerprint density at radius 3 is 2.78 bits per heavy atom. The summed E-state index contributed by atoms with van der Waals surface area (Å²) in [7, 11) is 1.66. The van der Waals surface area contributed by atoms with Crippen molar-refractivity contribution < 1.29 is 4.74 Å². The second kappa shape index (κ2) is 5.40. The van der Waals surface area contributed by atoms with Crippen LogP contribution in [0.4, 0.5) is 0 Å². The van der Waals surface area contributed by atoms with Crippen LogP contribution in [0.5, 0.6) is 5.75 Å². The van der Waals surface area contributed by atoms with Gasteiger partial charge in [-0.2, -0.15) is 0 Å². The lowest BCUT2D eigenvalue weighted by atomic mass is 10.1. The Kier molecular flexibility index (Phi) is 3.24. The Bertz CT molecular complexity index is 1050. The second-order valence-electron chi connectivity index (χ2n) is 5.08. The highest BCUT2D eigenvalue weighted by Crippen LogP contribution is 2.34. The van der Waals surface area contributed by atoms with Crippen LogP contribution in [0.2, 0.25) is 0 Å². The van der Waals surface area contributed by atoms with E-state index in [1.165, 1.54) is 0 Å². The van der Waals surface area contributed by atoms with Crippen molar-refractivity contribution >= 4 is 22.4 Å². The molecule has 0 aliphatic carbocycles. The van der Waals surface area contributed by atoms with Gasteiger partial charge in [-0.3, -0.25) is 0 Å². The zero-order chi connectivity index (χ0) is 15.8. The van der Waals surface area contributed by atoms with Gasteiger partial charge in [-0.25, -0.2) is 9.78 Å². The number of para-hydroxylation sites is 1. The molecule has 0 aliphatic heterocycles. The number of imidazole rings is 1. The Labute approximate surface area is 135 Å². The van der Waals surface area contributed by atoms with Crippen LogP contribution in [-0.4, -0.2) is 22.1 Å². The molecule has 5 nitrogen and oxygen atoms in total. The minimum absolute atomic E-state index is 0.204. The monoisotopic (exact) mass is 323 g/mol. The molecule has 114 valence electrons. The molecule has 0 amide bonds. The van der Waals surface area contributed by atoms with Crippen molar-refractivity contribution in [3.8, 4) is 27.6 Å². The third kappa shape index (κ3) is 2.43. The predicted octanol–water partition coefficient (Wildman–Crippen LogP) is 3.66. The molecule has 0 atom stereocenters. The number of fused-ring (bicyclic) bond motifs is 1. The average Bonchev–Trinajstić information content (AvgIpc) is 3.19. The van der Waals surface area contributed by atoms with E-state index in [9.17, 15) is 4.79 Å². The zero-order valence-corrected chi connectivity index (χ0v) is 13.1. The zero-order valence-electron chi connectivity index (χ0n) is 12.3. The number of hydrogen-bond donors (Lipinski definition) is 2. The van der Waals surface area contributed by atoms with E-state index in [-0.39, 0.29) is 5.69 Å². The molecule has 2 heterocycles. The minimum atomic E-state index is -0.204. The first kappa shape index (κ1) is 13.8. The molecular weight excluding hydrogens is 310 g/mol. The number of rotatable bonds is 3. The van der Waals surface area contributed by atoms with Gasteiger partial charge >= 0.3 is 5.69 Å². The fourth-order valence-electron chi connectivity index (χ4n) is 2.54. The van der Waals surface area contributed by atoms with Crippen LogP contribution in [0.25, 0.3) is 32.9 Å². The van der Waals surface area contributed by atoms with E-state index in [0.717, 1.165) is 38.6 Å². The van der Waals surface area contributed by atoms with Crippen LogP contribution in [-0.2, 0) is 0 Å². The van der Waals surface area contributed by atoms with E-state index in [0.29, 0.717) is 0 Å². The molecule has 4 aromatic rings. The summed E-state index contributed by atoms with van der Waals surface area (Å²) in [5.41, 5.74) is 4.18. The van der Waals surface area contributed by atoms with Gasteiger partial charge in [0.25, 0.3) is 0 Å². The molecule has 0 fully saturated rings. The third-order valence-corrected chi connectivity index (χ3v) is 4.53. The largest absolute Gasteiger partial charge is 0.496 e. The molecule has 2 N–H and O–H groups in total. The first-order valence-corrected chi connectivity index (χ1v) is 7.94. The fourth-order valence-corrected chi connectivity index (χ4v) is 3.40. The van der Waals surface area contributed by atoms with Gasteiger partial charge in [-0.05, 0) is 24.3 Å². The van der Waals surface area contributed by atoms with Crippen LogP contribution < -0.4 is 10.4 Å². The van der Waals surface area contributed by atoms with Crippen LogP contribution in [0.15, 0.2) is 52.6 Å². The summed E-state index contributed by atoms with van der Waals surface area (Å²) in [5, 5.41) is 2.91. The highest BCUT2D eigenvalue weighted by molar-refractivity contribution is 7.13. The summed E-state index contributed by atoms with van der Waals surface area (Å²) in [6, 6.07) is 13.6. The molecule has 0 saturated carbocycles. The number of nitrogens with zero attached hydrogens (tertiary/aromatic N) is 1. The molecule has 2 aromatic heterocycles. The maximum Gasteiger partial charge on any atom is 0.323 e. The van der Waals surface area contributed by atoms with Gasteiger partial charge in [0.15, 0.2) is 0 Å². The Morgan fingerprint density at radius 1 is 1.09 bits per heavy atom. The quantitative estimate of drug-likeness (QED) is 0.604. The van der Waals surface area contributed by atoms with Gasteiger partial charge in [0, 0.05) is 10.9 Å². The highest BCUT2D eigenvalue weighted by atomic mass is 32.1. The number of benzene rings is 2. The van der Waals surface area contributed by atoms with Gasteiger partial charge in [-0.15, -0.1) is 11.3 Å². The van der Waals surface area contributed by atoms with Crippen LogP contribution in [0, 0.1) is 0 Å². The Morgan fingerprint density at radius 2 is 1.91 bits per heavy atom. The first-order chi connectivity index (χ1) is 11.2. The Balaban J connectivity index is 1.78. The van der Waals surface area contributed by atoms with Crippen LogP contribution in [0.3, 0.4) is 0 Å². The van der Waals surface area contributed by atoms with E-state index in [1.54, 1.807) is 18.4 Å². The lowest BCUT2D eigenvalue weighted by Crippen LogP contribution is -1.99. The van der Waals surface area contributed by atoms with Crippen molar-refractivity contribution in [3.63, 3.8) is 0 Å². The molecule has 23 heavy (non-hydrogen) atoms. The lowest BCUT2D eigenvalue weighted by Gasteiger charge is -2.04. The molecular formula is C17H13N3O2S. The first-order valence-electron chi connectivity index (χ1n) is 7.06. The summed E-state index contributed by atoms with van der Waals surface area (Å²) >= 11 is 1.57. The summed E-state index contributed by atoms with van der Waals surface area (Å²) in [4.78, 5) is 21.6. The normalized spacial score (nSPS) is 11.0. The standard InChI is InChI=1S/C17H13N3O2S/c1-22-15-5-3-2-4-11(15)16-18-14(9-23-16)10-6-7-12-13(8-10)20-17(21)19-12/h2-9H,1H3,(H2,19,20,21). The van der Waals surface area contributed by atoms with Crippen molar-refractivity contribution in [1.82, 2.24) is 15.0 Å². The number of ether oxygens (including phenoxy) is 1. The molecule has 2 aromatic carbocycles. The molecule has 0 unspecified atom stereocenters. The van der Waals surface area contributed by atoms with Crippen molar-refractivity contribution in [2.45, 2.75) is 0 Å². The van der Waals surface area contributed by atoms with E-state index in [4.69, 9.17) is 9.72 Å².